The molecule has 1 aliphatic rings. The first-order valence-electron chi connectivity index (χ1n) is 6.94. The molecule has 0 atom stereocenters. The number of hydrogen-bond donors (Lipinski definition) is 1. The topological polar surface area (TPSA) is 71.4 Å². The molecule has 0 radical (unpaired) electrons. The summed E-state index contributed by atoms with van der Waals surface area (Å²) in [4.78, 5) is 37.0. The van der Waals surface area contributed by atoms with Crippen LogP contribution in [-0.2, 0) is 0 Å². The third kappa shape index (κ3) is 2.09. The van der Waals surface area contributed by atoms with Crippen LogP contribution in [0.15, 0.2) is 48.5 Å². The summed E-state index contributed by atoms with van der Waals surface area (Å²) in [6, 6.07) is 13.1. The van der Waals surface area contributed by atoms with Crippen molar-refractivity contribution in [1.29, 1.82) is 0 Å². The number of hydrogen-bond acceptors (Lipinski definition) is 4. The van der Waals surface area contributed by atoms with Gasteiger partial charge in [-0.3, -0.25) is 14.4 Å². The molecule has 3 rings (SSSR count). The summed E-state index contributed by atoms with van der Waals surface area (Å²) in [6.07, 6.45) is -0.539. The number of benzene rings is 2. The maximum atomic E-state index is 12.3. The monoisotopic (exact) mass is 294 g/mol. The summed E-state index contributed by atoms with van der Waals surface area (Å²) in [5.74, 6) is -1.83. The predicted octanol–water partition coefficient (Wildman–Crippen LogP) is 2.38. The molecule has 0 bridgehead atoms. The van der Waals surface area contributed by atoms with Crippen LogP contribution < -0.4 is 0 Å². The Hall–Kier alpha value is -2.59. The average molecular weight is 294 g/mol. The lowest BCUT2D eigenvalue weighted by molar-refractivity contribution is 0.0295. The van der Waals surface area contributed by atoms with Crippen molar-refractivity contribution in [3.63, 3.8) is 0 Å². The fourth-order valence-corrected chi connectivity index (χ4v) is 2.74. The molecule has 0 unspecified atom stereocenters. The van der Waals surface area contributed by atoms with Crippen molar-refractivity contribution in [3.05, 3.63) is 70.8 Å². The van der Waals surface area contributed by atoms with Crippen molar-refractivity contribution in [2.75, 3.05) is 0 Å². The second-order valence-corrected chi connectivity index (χ2v) is 5.53. The van der Waals surface area contributed by atoms with E-state index < -0.39 is 29.4 Å². The van der Waals surface area contributed by atoms with Gasteiger partial charge in [0.05, 0.1) is 6.42 Å². The van der Waals surface area contributed by atoms with E-state index in [-0.39, 0.29) is 11.1 Å². The number of carbonyl (C=O) groups excluding carboxylic acids is 3. The Labute approximate surface area is 127 Å². The van der Waals surface area contributed by atoms with Crippen LogP contribution in [0.25, 0.3) is 0 Å². The van der Waals surface area contributed by atoms with Gasteiger partial charge in [0, 0.05) is 16.7 Å². The molecular formula is C18H14O4. The van der Waals surface area contributed by atoms with Gasteiger partial charge in [-0.1, -0.05) is 48.0 Å². The van der Waals surface area contributed by atoms with E-state index in [2.05, 4.69) is 0 Å². The number of aliphatic hydroxyl groups is 1. The Morgan fingerprint density at radius 3 is 2.14 bits per heavy atom. The minimum atomic E-state index is -2.29. The van der Waals surface area contributed by atoms with E-state index in [1.54, 1.807) is 30.3 Å². The van der Waals surface area contributed by atoms with Gasteiger partial charge in [0.1, 0.15) is 0 Å². The van der Waals surface area contributed by atoms with Crippen molar-refractivity contribution < 1.29 is 19.5 Å². The summed E-state index contributed by atoms with van der Waals surface area (Å²) in [7, 11) is 0. The lowest BCUT2D eigenvalue weighted by atomic mass is 9.89. The molecule has 110 valence electrons. The van der Waals surface area contributed by atoms with E-state index in [1.807, 2.05) is 13.0 Å². The maximum Gasteiger partial charge on any atom is 0.203 e. The highest BCUT2D eigenvalue weighted by atomic mass is 16.3. The Morgan fingerprint density at radius 2 is 1.59 bits per heavy atom. The third-order valence-corrected chi connectivity index (χ3v) is 3.92. The third-order valence-electron chi connectivity index (χ3n) is 3.92. The second-order valence-electron chi connectivity index (χ2n) is 5.53. The first-order chi connectivity index (χ1) is 10.4. The lowest BCUT2D eigenvalue weighted by Crippen LogP contribution is -2.43. The molecule has 4 heteroatoms. The van der Waals surface area contributed by atoms with Crippen molar-refractivity contribution >= 4 is 17.3 Å². The van der Waals surface area contributed by atoms with Gasteiger partial charge in [-0.25, -0.2) is 0 Å². The van der Waals surface area contributed by atoms with Crippen LogP contribution in [0.2, 0.25) is 0 Å². The molecule has 1 N–H and O–H groups in total. The molecule has 2 aromatic rings. The van der Waals surface area contributed by atoms with Crippen molar-refractivity contribution in [1.82, 2.24) is 0 Å². The number of ketones is 3. The van der Waals surface area contributed by atoms with Gasteiger partial charge >= 0.3 is 0 Å². The molecule has 0 heterocycles. The number of carbonyl (C=O) groups is 3. The summed E-state index contributed by atoms with van der Waals surface area (Å²) in [5, 5.41) is 10.5. The molecule has 0 amide bonds. The van der Waals surface area contributed by atoms with E-state index in [1.165, 1.54) is 12.1 Å². The molecule has 0 saturated heterocycles. The maximum absolute atomic E-state index is 12.3. The lowest BCUT2D eigenvalue weighted by Gasteiger charge is -2.18. The van der Waals surface area contributed by atoms with Gasteiger partial charge < -0.3 is 5.11 Å². The average Bonchev–Trinajstić information content (AvgIpc) is 2.70. The fourth-order valence-electron chi connectivity index (χ4n) is 2.74. The van der Waals surface area contributed by atoms with Crippen molar-refractivity contribution in [3.8, 4) is 0 Å². The normalized spacial score (nSPS) is 15.7. The zero-order chi connectivity index (χ0) is 15.9. The molecule has 4 nitrogen and oxygen atoms in total. The number of rotatable bonds is 3. The van der Waals surface area contributed by atoms with Crippen LogP contribution in [0.3, 0.4) is 0 Å². The van der Waals surface area contributed by atoms with Gasteiger partial charge in [-0.05, 0) is 13.0 Å². The van der Waals surface area contributed by atoms with Gasteiger partial charge in [0.25, 0.3) is 0 Å². The zero-order valence-corrected chi connectivity index (χ0v) is 12.0. The minimum absolute atomic E-state index is 0.173. The highest BCUT2D eigenvalue weighted by Crippen LogP contribution is 2.33. The van der Waals surface area contributed by atoms with Crippen LogP contribution >= 0.6 is 0 Å². The van der Waals surface area contributed by atoms with Gasteiger partial charge in [-0.2, -0.15) is 0 Å². The van der Waals surface area contributed by atoms with Crippen LogP contribution in [0.1, 0.15) is 43.1 Å². The highest BCUT2D eigenvalue weighted by Gasteiger charge is 2.52. The van der Waals surface area contributed by atoms with Crippen LogP contribution in [0, 0.1) is 6.92 Å². The van der Waals surface area contributed by atoms with E-state index >= 15 is 0 Å². The van der Waals surface area contributed by atoms with Crippen LogP contribution in [0.5, 0.6) is 0 Å². The molecule has 0 aliphatic heterocycles. The first kappa shape index (κ1) is 14.4. The molecule has 0 spiro atoms. The van der Waals surface area contributed by atoms with E-state index in [0.29, 0.717) is 5.56 Å². The largest absolute Gasteiger partial charge is 0.374 e. The summed E-state index contributed by atoms with van der Waals surface area (Å²) < 4.78 is 0. The quantitative estimate of drug-likeness (QED) is 0.697. The molecule has 2 aromatic carbocycles. The SMILES string of the molecule is Cc1cccc(C(=O)CC2(O)C(=O)c3ccccc3C2=O)c1. The summed E-state index contributed by atoms with van der Waals surface area (Å²) in [6.45, 7) is 1.84. The van der Waals surface area contributed by atoms with Gasteiger partial charge in [0.2, 0.25) is 11.6 Å². The Morgan fingerprint density at radius 1 is 1.00 bits per heavy atom. The van der Waals surface area contributed by atoms with Gasteiger partial charge in [-0.15, -0.1) is 0 Å². The van der Waals surface area contributed by atoms with Crippen molar-refractivity contribution in [2.24, 2.45) is 0 Å². The predicted molar refractivity (Wildman–Crippen MR) is 80.2 cm³/mol. The Bertz CT molecular complexity index is 769. The first-order valence-corrected chi connectivity index (χ1v) is 6.94. The van der Waals surface area contributed by atoms with E-state index in [4.69, 9.17) is 0 Å². The zero-order valence-electron chi connectivity index (χ0n) is 12.0. The minimum Gasteiger partial charge on any atom is -0.374 e. The Kier molecular flexibility index (Phi) is 3.26. The molecule has 22 heavy (non-hydrogen) atoms. The molecule has 0 aromatic heterocycles. The molecular weight excluding hydrogens is 280 g/mol. The Balaban J connectivity index is 1.94. The van der Waals surface area contributed by atoms with Crippen LogP contribution in [-0.4, -0.2) is 28.1 Å². The fraction of sp³-hybridized carbons (Fsp3) is 0.167. The van der Waals surface area contributed by atoms with Crippen molar-refractivity contribution in [2.45, 2.75) is 18.9 Å². The highest BCUT2D eigenvalue weighted by molar-refractivity contribution is 6.33. The number of aryl methyl sites for hydroxylation is 1. The molecule has 1 aliphatic carbocycles. The van der Waals surface area contributed by atoms with Gasteiger partial charge in [0.15, 0.2) is 11.4 Å². The smallest absolute Gasteiger partial charge is 0.203 e. The van der Waals surface area contributed by atoms with Crippen LogP contribution in [0.4, 0.5) is 0 Å². The summed E-state index contributed by atoms with van der Waals surface area (Å²) >= 11 is 0. The standard InChI is InChI=1S/C18H14O4/c1-11-5-4-6-12(9-11)15(19)10-18(22)16(20)13-7-2-3-8-14(13)17(18)21/h2-9,22H,10H2,1H3. The molecule has 0 saturated carbocycles. The number of Topliss-reactive ketones (excluding diaryl/α,β-unsaturated/α-hetero) is 3. The second kappa shape index (κ2) is 5.00. The molecule has 0 fully saturated rings. The van der Waals surface area contributed by atoms with E-state index in [0.717, 1.165) is 5.56 Å². The summed E-state index contributed by atoms with van der Waals surface area (Å²) in [5.41, 5.74) is -0.667. The van der Waals surface area contributed by atoms with E-state index in [9.17, 15) is 19.5 Å². The number of fused-ring (bicyclic) bond motifs is 1.